The van der Waals surface area contributed by atoms with Gasteiger partial charge < -0.3 is 10.1 Å². The fourth-order valence-corrected chi connectivity index (χ4v) is 3.43. The fraction of sp³-hybridized carbons (Fsp3) is 0.160. The molecule has 1 aromatic heterocycles. The lowest BCUT2D eigenvalue weighted by Crippen LogP contribution is -2.14. The first-order valence-electron chi connectivity index (χ1n) is 9.58. The van der Waals surface area contributed by atoms with Gasteiger partial charge in [0.05, 0.1) is 0 Å². The molecular weight excluding hydrogens is 344 g/mol. The van der Waals surface area contributed by atoms with Gasteiger partial charge in [-0.25, -0.2) is 0 Å². The summed E-state index contributed by atoms with van der Waals surface area (Å²) in [6.07, 6.45) is 3.69. The van der Waals surface area contributed by atoms with Gasteiger partial charge >= 0.3 is 0 Å². The van der Waals surface area contributed by atoms with Gasteiger partial charge in [0.2, 0.25) is 0 Å². The zero-order valence-electron chi connectivity index (χ0n) is 16.1. The normalized spacial score (nSPS) is 10.9. The van der Waals surface area contributed by atoms with Crippen molar-refractivity contribution in [1.29, 1.82) is 0 Å². The number of hydrogen-bond acceptors (Lipinski definition) is 3. The van der Waals surface area contributed by atoms with E-state index >= 15 is 0 Å². The maximum Gasteiger partial charge on any atom is 0.124 e. The van der Waals surface area contributed by atoms with Crippen LogP contribution in [0.3, 0.4) is 0 Å². The first-order chi connectivity index (χ1) is 13.8. The summed E-state index contributed by atoms with van der Waals surface area (Å²) in [5, 5.41) is 5.99. The number of ether oxygens (including phenoxy) is 1. The standard InChI is InChI=1S/C25H24N2O/c1-19-6-4-7-20(14-19)18-28-25-12-11-22-9-2-3-10-23(22)24(25)17-27-16-21-8-5-13-26-15-21/h2-15,27H,16-18H2,1H3. The molecule has 0 saturated carbocycles. The van der Waals surface area contributed by atoms with E-state index in [1.54, 1.807) is 6.20 Å². The highest BCUT2D eigenvalue weighted by Gasteiger charge is 2.09. The molecule has 0 unspecified atom stereocenters. The van der Waals surface area contributed by atoms with Crippen LogP contribution in [0.1, 0.15) is 22.3 Å². The number of benzene rings is 3. The highest BCUT2D eigenvalue weighted by atomic mass is 16.5. The summed E-state index contributed by atoms with van der Waals surface area (Å²) in [5.41, 5.74) is 4.79. The van der Waals surface area contributed by atoms with Crippen LogP contribution in [-0.4, -0.2) is 4.98 Å². The number of pyridine rings is 1. The topological polar surface area (TPSA) is 34.1 Å². The van der Waals surface area contributed by atoms with Crippen molar-refractivity contribution in [3.8, 4) is 5.75 Å². The minimum absolute atomic E-state index is 0.565. The Morgan fingerprint density at radius 2 is 1.75 bits per heavy atom. The first kappa shape index (κ1) is 18.2. The summed E-state index contributed by atoms with van der Waals surface area (Å²) >= 11 is 0. The molecule has 0 fully saturated rings. The van der Waals surface area contributed by atoms with Gasteiger partial charge in [-0.1, -0.05) is 66.2 Å². The lowest BCUT2D eigenvalue weighted by molar-refractivity contribution is 0.302. The lowest BCUT2D eigenvalue weighted by Gasteiger charge is -2.15. The molecule has 4 aromatic rings. The van der Waals surface area contributed by atoms with Crippen LogP contribution in [0.2, 0.25) is 0 Å². The number of fused-ring (bicyclic) bond motifs is 1. The maximum absolute atomic E-state index is 6.24. The molecule has 1 N–H and O–H groups in total. The van der Waals surface area contributed by atoms with Gasteiger partial charge in [-0.05, 0) is 41.0 Å². The summed E-state index contributed by atoms with van der Waals surface area (Å²) in [6.45, 7) is 4.18. The van der Waals surface area contributed by atoms with E-state index in [-0.39, 0.29) is 0 Å². The van der Waals surface area contributed by atoms with Crippen LogP contribution in [0.15, 0.2) is 85.2 Å². The van der Waals surface area contributed by atoms with Crippen LogP contribution in [0.25, 0.3) is 10.8 Å². The molecule has 0 atom stereocenters. The van der Waals surface area contributed by atoms with Gasteiger partial charge in [-0.3, -0.25) is 4.98 Å². The van der Waals surface area contributed by atoms with E-state index in [4.69, 9.17) is 4.74 Å². The van der Waals surface area contributed by atoms with Crippen molar-refractivity contribution in [1.82, 2.24) is 10.3 Å². The van der Waals surface area contributed by atoms with E-state index in [0.29, 0.717) is 6.61 Å². The molecule has 0 saturated heterocycles. The SMILES string of the molecule is Cc1cccc(COc2ccc3ccccc3c2CNCc2cccnc2)c1. The molecular formula is C25H24N2O. The third-order valence-electron chi connectivity index (χ3n) is 4.83. The van der Waals surface area contributed by atoms with E-state index in [0.717, 1.165) is 18.8 Å². The van der Waals surface area contributed by atoms with Crippen LogP contribution in [0.5, 0.6) is 5.75 Å². The average molecular weight is 368 g/mol. The highest BCUT2D eigenvalue weighted by Crippen LogP contribution is 2.29. The molecule has 3 heteroatoms. The maximum atomic E-state index is 6.24. The van der Waals surface area contributed by atoms with Crippen molar-refractivity contribution in [2.75, 3.05) is 0 Å². The van der Waals surface area contributed by atoms with Crippen LogP contribution < -0.4 is 10.1 Å². The Balaban J connectivity index is 1.55. The zero-order valence-corrected chi connectivity index (χ0v) is 16.1. The van der Waals surface area contributed by atoms with Gasteiger partial charge in [-0.2, -0.15) is 0 Å². The Hall–Kier alpha value is -3.17. The predicted molar refractivity (Wildman–Crippen MR) is 114 cm³/mol. The Labute approximate surface area is 166 Å². The first-order valence-corrected chi connectivity index (χ1v) is 9.58. The summed E-state index contributed by atoms with van der Waals surface area (Å²) in [5.74, 6) is 0.930. The monoisotopic (exact) mass is 368 g/mol. The van der Waals surface area contributed by atoms with Crippen LogP contribution >= 0.6 is 0 Å². The Morgan fingerprint density at radius 1 is 0.857 bits per heavy atom. The molecule has 0 aliphatic carbocycles. The second-order valence-corrected chi connectivity index (χ2v) is 7.01. The molecule has 3 aromatic carbocycles. The van der Waals surface area contributed by atoms with Crippen LogP contribution in [0.4, 0.5) is 0 Å². The zero-order chi connectivity index (χ0) is 19.2. The number of hydrogen-bond donors (Lipinski definition) is 1. The lowest BCUT2D eigenvalue weighted by atomic mass is 10.0. The van der Waals surface area contributed by atoms with Crippen LogP contribution in [-0.2, 0) is 19.7 Å². The number of rotatable bonds is 7. The number of aromatic nitrogens is 1. The third kappa shape index (κ3) is 4.38. The molecule has 0 amide bonds. The molecule has 0 radical (unpaired) electrons. The van der Waals surface area contributed by atoms with Crippen molar-refractivity contribution < 1.29 is 4.74 Å². The fourth-order valence-electron chi connectivity index (χ4n) is 3.43. The summed E-state index contributed by atoms with van der Waals surface area (Å²) in [6, 6.07) is 25.2. The van der Waals surface area contributed by atoms with E-state index in [1.807, 2.05) is 12.3 Å². The average Bonchev–Trinajstić information content (AvgIpc) is 2.74. The van der Waals surface area contributed by atoms with Gasteiger partial charge in [0.15, 0.2) is 0 Å². The van der Waals surface area contributed by atoms with Gasteiger partial charge in [0.1, 0.15) is 12.4 Å². The molecule has 28 heavy (non-hydrogen) atoms. The smallest absolute Gasteiger partial charge is 0.124 e. The van der Waals surface area contributed by atoms with Gasteiger partial charge in [-0.15, -0.1) is 0 Å². The molecule has 4 rings (SSSR count). The van der Waals surface area contributed by atoms with E-state index in [1.165, 1.54) is 33.0 Å². The predicted octanol–water partition coefficient (Wildman–Crippen LogP) is 5.41. The van der Waals surface area contributed by atoms with E-state index in [2.05, 4.69) is 84.0 Å². The number of aryl methyl sites for hydroxylation is 1. The van der Waals surface area contributed by atoms with Crippen molar-refractivity contribution >= 4 is 10.8 Å². The molecule has 0 aliphatic heterocycles. The molecule has 0 bridgehead atoms. The second kappa shape index (κ2) is 8.68. The van der Waals surface area contributed by atoms with Crippen molar-refractivity contribution in [2.24, 2.45) is 0 Å². The van der Waals surface area contributed by atoms with E-state index in [9.17, 15) is 0 Å². The Bertz CT molecular complexity index is 1060. The van der Waals surface area contributed by atoms with Crippen LogP contribution in [0, 0.1) is 6.92 Å². The Morgan fingerprint density at radius 3 is 2.61 bits per heavy atom. The van der Waals surface area contributed by atoms with Crippen molar-refractivity contribution in [2.45, 2.75) is 26.6 Å². The van der Waals surface area contributed by atoms with Crippen molar-refractivity contribution in [3.63, 3.8) is 0 Å². The molecule has 1 heterocycles. The largest absolute Gasteiger partial charge is 0.489 e. The summed E-state index contributed by atoms with van der Waals surface area (Å²) in [7, 11) is 0. The van der Waals surface area contributed by atoms with Gasteiger partial charge in [0, 0.05) is 31.0 Å². The van der Waals surface area contributed by atoms with Gasteiger partial charge in [0.25, 0.3) is 0 Å². The number of nitrogens with zero attached hydrogens (tertiary/aromatic N) is 1. The second-order valence-electron chi connectivity index (χ2n) is 7.01. The minimum atomic E-state index is 0.565. The van der Waals surface area contributed by atoms with Crippen molar-refractivity contribution in [3.05, 3.63) is 107 Å². The summed E-state index contributed by atoms with van der Waals surface area (Å²) in [4.78, 5) is 4.18. The third-order valence-corrected chi connectivity index (χ3v) is 4.83. The quantitative estimate of drug-likeness (QED) is 0.473. The van der Waals surface area contributed by atoms with E-state index < -0.39 is 0 Å². The Kier molecular flexibility index (Phi) is 5.64. The molecule has 3 nitrogen and oxygen atoms in total. The molecule has 0 aliphatic rings. The molecule has 0 spiro atoms. The molecule has 140 valence electrons. The highest BCUT2D eigenvalue weighted by molar-refractivity contribution is 5.87. The number of nitrogens with one attached hydrogen (secondary N) is 1. The minimum Gasteiger partial charge on any atom is -0.489 e. The summed E-state index contributed by atoms with van der Waals surface area (Å²) < 4.78 is 6.24.